The molecule has 0 radical (unpaired) electrons. The van der Waals surface area contributed by atoms with Crippen molar-refractivity contribution in [3.8, 4) is 17.2 Å². The van der Waals surface area contributed by atoms with Crippen LogP contribution in [0.4, 0.5) is 0 Å². The summed E-state index contributed by atoms with van der Waals surface area (Å²) >= 11 is 0. The number of benzene rings is 1. The lowest BCUT2D eigenvalue weighted by molar-refractivity contribution is 0.282. The van der Waals surface area contributed by atoms with Gasteiger partial charge in [-0.15, -0.1) is 0 Å². The second-order valence-corrected chi connectivity index (χ2v) is 3.37. The Bertz CT molecular complexity index is 526. The number of rotatable bonds is 2. The molecule has 0 atom stereocenters. The van der Waals surface area contributed by atoms with Crippen LogP contribution in [0.2, 0.25) is 0 Å². The number of hydrogen-bond donors (Lipinski definition) is 1. The van der Waals surface area contributed by atoms with Crippen molar-refractivity contribution in [2.75, 3.05) is 0 Å². The molecule has 1 heterocycles. The van der Waals surface area contributed by atoms with Gasteiger partial charge in [0.15, 0.2) is 0 Å². The molecule has 2 rings (SSSR count). The lowest BCUT2D eigenvalue weighted by atomic mass is 10.0. The lowest BCUT2D eigenvalue weighted by Gasteiger charge is -2.03. The highest BCUT2D eigenvalue weighted by atomic mass is 16.3. The number of hydrogen-bond acceptors (Lipinski definition) is 3. The highest BCUT2D eigenvalue weighted by molar-refractivity contribution is 5.68. The summed E-state index contributed by atoms with van der Waals surface area (Å²) in [6.07, 6.45) is 1.60. The highest BCUT2D eigenvalue weighted by Crippen LogP contribution is 2.21. The minimum Gasteiger partial charge on any atom is -0.392 e. The smallest absolute Gasteiger partial charge is 0.148 e. The average Bonchev–Trinajstić information content (AvgIpc) is 2.39. The van der Waals surface area contributed by atoms with Crippen molar-refractivity contribution < 1.29 is 5.11 Å². The largest absolute Gasteiger partial charge is 0.392 e. The van der Waals surface area contributed by atoms with Crippen LogP contribution >= 0.6 is 0 Å². The summed E-state index contributed by atoms with van der Waals surface area (Å²) in [5.74, 6) is 0. The van der Waals surface area contributed by atoms with E-state index < -0.39 is 0 Å². The summed E-state index contributed by atoms with van der Waals surface area (Å²) in [4.78, 5) is 4.01. The molecule has 0 aliphatic heterocycles. The van der Waals surface area contributed by atoms with E-state index in [9.17, 15) is 0 Å². The summed E-state index contributed by atoms with van der Waals surface area (Å²) in [6.45, 7) is 0.0262. The number of nitrogens with zero attached hydrogens (tertiary/aromatic N) is 2. The van der Waals surface area contributed by atoms with E-state index in [1.54, 1.807) is 12.3 Å². The van der Waals surface area contributed by atoms with Gasteiger partial charge in [-0.05, 0) is 23.3 Å². The summed E-state index contributed by atoms with van der Waals surface area (Å²) in [5.41, 5.74) is 3.02. The number of aliphatic hydroxyl groups excluding tert-OH is 1. The number of aliphatic hydroxyl groups is 1. The van der Waals surface area contributed by atoms with E-state index in [-0.39, 0.29) is 6.61 Å². The maximum Gasteiger partial charge on any atom is 0.148 e. The molecule has 16 heavy (non-hydrogen) atoms. The fourth-order valence-corrected chi connectivity index (χ4v) is 1.52. The molecule has 2 aromatic rings. The third-order valence-electron chi connectivity index (χ3n) is 2.36. The van der Waals surface area contributed by atoms with Crippen molar-refractivity contribution in [3.63, 3.8) is 0 Å². The van der Waals surface area contributed by atoms with E-state index in [4.69, 9.17) is 10.4 Å². The van der Waals surface area contributed by atoms with Gasteiger partial charge >= 0.3 is 0 Å². The van der Waals surface area contributed by atoms with Crippen LogP contribution in [0.25, 0.3) is 11.1 Å². The Kier molecular flexibility index (Phi) is 2.95. The first-order valence-corrected chi connectivity index (χ1v) is 4.90. The Morgan fingerprint density at radius 2 is 1.94 bits per heavy atom. The monoisotopic (exact) mass is 210 g/mol. The molecular weight excluding hydrogens is 200 g/mol. The van der Waals surface area contributed by atoms with E-state index in [0.717, 1.165) is 16.7 Å². The normalized spacial score (nSPS) is 9.75. The zero-order valence-corrected chi connectivity index (χ0v) is 8.59. The number of nitriles is 1. The summed E-state index contributed by atoms with van der Waals surface area (Å²) in [7, 11) is 0. The second-order valence-electron chi connectivity index (χ2n) is 3.37. The minimum absolute atomic E-state index is 0.0262. The Hall–Kier alpha value is -2.18. The van der Waals surface area contributed by atoms with Gasteiger partial charge in [-0.3, -0.25) is 0 Å². The SMILES string of the molecule is N#Cc1ncccc1-c1ccc(CO)cc1. The van der Waals surface area contributed by atoms with Crippen molar-refractivity contribution in [2.24, 2.45) is 0 Å². The molecule has 0 fully saturated rings. The maximum absolute atomic E-state index is 8.94. The molecule has 0 spiro atoms. The molecule has 78 valence electrons. The van der Waals surface area contributed by atoms with Gasteiger partial charge in [0, 0.05) is 11.8 Å². The van der Waals surface area contributed by atoms with Crippen molar-refractivity contribution in [1.82, 2.24) is 4.98 Å². The average molecular weight is 210 g/mol. The van der Waals surface area contributed by atoms with Gasteiger partial charge in [-0.2, -0.15) is 5.26 Å². The van der Waals surface area contributed by atoms with Crippen molar-refractivity contribution in [3.05, 3.63) is 53.9 Å². The van der Waals surface area contributed by atoms with Gasteiger partial charge in [-0.25, -0.2) is 4.98 Å². The summed E-state index contributed by atoms with van der Waals surface area (Å²) < 4.78 is 0. The maximum atomic E-state index is 8.94. The number of aromatic nitrogens is 1. The topological polar surface area (TPSA) is 56.9 Å². The van der Waals surface area contributed by atoms with E-state index in [1.807, 2.05) is 30.3 Å². The molecule has 0 aliphatic rings. The summed E-state index contributed by atoms with van der Waals surface area (Å²) in [6, 6.07) is 13.2. The van der Waals surface area contributed by atoms with Crippen LogP contribution in [0.1, 0.15) is 11.3 Å². The van der Waals surface area contributed by atoms with Crippen LogP contribution in [0.15, 0.2) is 42.6 Å². The molecule has 0 amide bonds. The molecular formula is C13H10N2O. The highest BCUT2D eigenvalue weighted by Gasteiger charge is 2.04. The van der Waals surface area contributed by atoms with E-state index in [0.29, 0.717) is 5.69 Å². The van der Waals surface area contributed by atoms with Gasteiger partial charge in [-0.1, -0.05) is 24.3 Å². The van der Waals surface area contributed by atoms with Crippen molar-refractivity contribution >= 4 is 0 Å². The van der Waals surface area contributed by atoms with E-state index in [1.165, 1.54) is 0 Å². The second kappa shape index (κ2) is 4.56. The fourth-order valence-electron chi connectivity index (χ4n) is 1.52. The van der Waals surface area contributed by atoms with Crippen molar-refractivity contribution in [1.29, 1.82) is 5.26 Å². The first kappa shape index (κ1) is 10.3. The van der Waals surface area contributed by atoms with Crippen molar-refractivity contribution in [2.45, 2.75) is 6.61 Å². The lowest BCUT2D eigenvalue weighted by Crippen LogP contribution is -1.88. The molecule has 0 bridgehead atoms. The van der Waals surface area contributed by atoms with Gasteiger partial charge in [0.1, 0.15) is 11.8 Å². The predicted molar refractivity (Wildman–Crippen MR) is 60.3 cm³/mol. The zero-order valence-electron chi connectivity index (χ0n) is 8.59. The predicted octanol–water partition coefficient (Wildman–Crippen LogP) is 2.11. The third kappa shape index (κ3) is 1.92. The molecule has 3 heteroatoms. The first-order valence-electron chi connectivity index (χ1n) is 4.90. The van der Waals surface area contributed by atoms with Gasteiger partial charge in [0.2, 0.25) is 0 Å². The zero-order chi connectivity index (χ0) is 11.4. The van der Waals surface area contributed by atoms with Crippen LogP contribution in [0.5, 0.6) is 0 Å². The van der Waals surface area contributed by atoms with E-state index >= 15 is 0 Å². The van der Waals surface area contributed by atoms with Crippen LogP contribution in [0.3, 0.4) is 0 Å². The minimum atomic E-state index is 0.0262. The fraction of sp³-hybridized carbons (Fsp3) is 0.0769. The number of pyridine rings is 1. The molecule has 1 N–H and O–H groups in total. The molecule has 3 nitrogen and oxygen atoms in total. The molecule has 1 aromatic heterocycles. The standard InChI is InChI=1S/C13H10N2O/c14-8-13-12(2-1-7-15-13)11-5-3-10(9-16)4-6-11/h1-7,16H,9H2. The Morgan fingerprint density at radius 3 is 2.56 bits per heavy atom. The van der Waals surface area contributed by atoms with Crippen LogP contribution in [-0.4, -0.2) is 10.1 Å². The molecule has 0 aliphatic carbocycles. The van der Waals surface area contributed by atoms with Crippen LogP contribution in [-0.2, 0) is 6.61 Å². The molecule has 0 saturated heterocycles. The Balaban J connectivity index is 2.47. The third-order valence-corrected chi connectivity index (χ3v) is 2.36. The van der Waals surface area contributed by atoms with Crippen LogP contribution < -0.4 is 0 Å². The summed E-state index contributed by atoms with van der Waals surface area (Å²) in [5, 5.41) is 17.9. The Labute approximate surface area is 93.6 Å². The quantitative estimate of drug-likeness (QED) is 0.825. The van der Waals surface area contributed by atoms with Gasteiger partial charge in [0.05, 0.1) is 6.61 Å². The molecule has 1 aromatic carbocycles. The van der Waals surface area contributed by atoms with Gasteiger partial charge in [0.25, 0.3) is 0 Å². The molecule has 0 unspecified atom stereocenters. The van der Waals surface area contributed by atoms with E-state index in [2.05, 4.69) is 11.1 Å². The molecule has 0 saturated carbocycles. The Morgan fingerprint density at radius 1 is 1.19 bits per heavy atom. The first-order chi connectivity index (χ1) is 7.85. The van der Waals surface area contributed by atoms with Crippen LogP contribution in [0, 0.1) is 11.3 Å². The van der Waals surface area contributed by atoms with Gasteiger partial charge < -0.3 is 5.11 Å².